The van der Waals surface area contributed by atoms with Crippen molar-refractivity contribution in [3.05, 3.63) is 51.8 Å². The van der Waals surface area contributed by atoms with Crippen molar-refractivity contribution in [2.45, 2.75) is 12.8 Å². The monoisotopic (exact) mass is 451 g/mol. The second-order valence-corrected chi connectivity index (χ2v) is 9.34. The summed E-state index contributed by atoms with van der Waals surface area (Å²) in [7, 11) is 3.62. The molecule has 1 aromatic carbocycles. The second-order valence-electron chi connectivity index (χ2n) is 8.34. The zero-order chi connectivity index (χ0) is 22.1. The predicted molar refractivity (Wildman–Crippen MR) is 128 cm³/mol. The van der Waals surface area contributed by atoms with E-state index in [0.717, 1.165) is 62.6 Å². The maximum atomic E-state index is 12.9. The third-order valence-electron chi connectivity index (χ3n) is 6.49. The number of carbonyl (C=O) groups excluding carboxylic acids is 1. The lowest BCUT2D eigenvalue weighted by atomic mass is 9.94. The van der Waals surface area contributed by atoms with Crippen LogP contribution in [-0.4, -0.2) is 67.0 Å². The third-order valence-corrected chi connectivity index (χ3v) is 7.47. The van der Waals surface area contributed by atoms with Crippen molar-refractivity contribution in [3.8, 4) is 17.0 Å². The molecule has 1 amide bonds. The number of piperazine rings is 1. The summed E-state index contributed by atoms with van der Waals surface area (Å²) in [5, 5.41) is 9.80. The van der Waals surface area contributed by atoms with Crippen LogP contribution in [0.15, 0.2) is 35.7 Å². The summed E-state index contributed by atoms with van der Waals surface area (Å²) < 4.78 is 7.11. The standard InChI is InChI=1S/C24H29N5O2S/c1-27-23-19-9-16-32-21(19)8-7-20(23)22(26-27)24(30)25-10-11-28-12-14-29(15-13-28)17-3-5-18(31-2)6-4-17/h3-6,9,16H,7-8,10-15H2,1-2H3,(H,25,30). The molecular weight excluding hydrogens is 422 g/mol. The first-order valence-corrected chi connectivity index (χ1v) is 12.0. The fraction of sp³-hybridized carbons (Fsp3) is 0.417. The fourth-order valence-electron chi connectivity index (χ4n) is 4.74. The number of aromatic nitrogens is 2. The zero-order valence-corrected chi connectivity index (χ0v) is 19.5. The Balaban J connectivity index is 1.13. The number of fused-ring (bicyclic) bond motifs is 3. The van der Waals surface area contributed by atoms with Crippen LogP contribution >= 0.6 is 11.3 Å². The van der Waals surface area contributed by atoms with Crippen LogP contribution in [0.25, 0.3) is 11.3 Å². The Morgan fingerprint density at radius 2 is 1.91 bits per heavy atom. The van der Waals surface area contributed by atoms with Crippen molar-refractivity contribution in [1.29, 1.82) is 0 Å². The smallest absolute Gasteiger partial charge is 0.272 e. The Labute approximate surface area is 192 Å². The SMILES string of the molecule is COc1ccc(N2CCN(CCNC(=O)c3nn(C)c4c3CCc3sccc3-4)CC2)cc1. The number of benzene rings is 1. The highest BCUT2D eigenvalue weighted by Crippen LogP contribution is 2.37. The van der Waals surface area contributed by atoms with Crippen LogP contribution < -0.4 is 15.0 Å². The first-order chi connectivity index (χ1) is 15.6. The number of nitrogens with one attached hydrogen (secondary N) is 1. The molecule has 5 rings (SSSR count). The van der Waals surface area contributed by atoms with Crippen LogP contribution in [0.3, 0.4) is 0 Å². The normalized spacial score (nSPS) is 15.9. The number of hydrogen-bond acceptors (Lipinski definition) is 6. The summed E-state index contributed by atoms with van der Waals surface area (Å²) >= 11 is 1.79. The van der Waals surface area contributed by atoms with Gasteiger partial charge < -0.3 is 15.0 Å². The Kier molecular flexibility index (Phi) is 5.89. The van der Waals surface area contributed by atoms with Crippen LogP contribution in [0.5, 0.6) is 5.75 Å². The van der Waals surface area contributed by atoms with Crippen molar-refractivity contribution in [2.24, 2.45) is 7.05 Å². The number of hydrogen-bond donors (Lipinski definition) is 1. The van der Waals surface area contributed by atoms with Gasteiger partial charge >= 0.3 is 0 Å². The molecule has 0 unspecified atom stereocenters. The molecule has 1 fully saturated rings. The number of rotatable bonds is 6. The van der Waals surface area contributed by atoms with E-state index in [1.54, 1.807) is 18.4 Å². The van der Waals surface area contributed by atoms with Crippen molar-refractivity contribution < 1.29 is 9.53 Å². The Hall–Kier alpha value is -2.84. The highest BCUT2D eigenvalue weighted by Gasteiger charge is 2.27. The van der Waals surface area contributed by atoms with Gasteiger partial charge in [-0.3, -0.25) is 14.4 Å². The molecule has 8 heteroatoms. The average molecular weight is 452 g/mol. The van der Waals surface area contributed by atoms with Crippen LogP contribution in [0.2, 0.25) is 0 Å². The number of thiophene rings is 1. The molecule has 1 aliphatic heterocycles. The van der Waals surface area contributed by atoms with Crippen LogP contribution in [0, 0.1) is 0 Å². The van der Waals surface area contributed by atoms with Gasteiger partial charge in [0.05, 0.1) is 12.8 Å². The largest absolute Gasteiger partial charge is 0.497 e. The molecule has 3 heterocycles. The molecule has 7 nitrogen and oxygen atoms in total. The number of carbonyl (C=O) groups is 1. The number of aryl methyl sites for hydroxylation is 2. The van der Waals surface area contributed by atoms with E-state index in [1.165, 1.54) is 16.1 Å². The van der Waals surface area contributed by atoms with E-state index < -0.39 is 0 Å². The lowest BCUT2D eigenvalue weighted by Crippen LogP contribution is -2.48. The van der Waals surface area contributed by atoms with Gasteiger partial charge in [-0.1, -0.05) is 0 Å². The summed E-state index contributed by atoms with van der Waals surface area (Å²) in [6.07, 6.45) is 1.87. The topological polar surface area (TPSA) is 62.6 Å². The first-order valence-electron chi connectivity index (χ1n) is 11.2. The Morgan fingerprint density at radius 1 is 1.12 bits per heavy atom. The number of ether oxygens (including phenoxy) is 1. The Bertz CT molecular complexity index is 1100. The molecule has 1 aliphatic carbocycles. The van der Waals surface area contributed by atoms with Gasteiger partial charge in [-0.2, -0.15) is 5.10 Å². The van der Waals surface area contributed by atoms with Crippen molar-refractivity contribution in [1.82, 2.24) is 20.0 Å². The molecule has 0 bridgehead atoms. The number of nitrogens with zero attached hydrogens (tertiary/aromatic N) is 4. The average Bonchev–Trinajstić information content (AvgIpc) is 3.44. The van der Waals surface area contributed by atoms with Crippen LogP contribution in [-0.2, 0) is 19.9 Å². The number of anilines is 1. The molecule has 32 heavy (non-hydrogen) atoms. The van der Waals surface area contributed by atoms with Gasteiger partial charge in [0.1, 0.15) is 5.75 Å². The second kappa shape index (κ2) is 8.96. The molecule has 0 atom stereocenters. The molecule has 3 aromatic rings. The summed E-state index contributed by atoms with van der Waals surface area (Å²) in [5.74, 6) is 0.824. The van der Waals surface area contributed by atoms with Gasteiger partial charge in [0.25, 0.3) is 5.91 Å². The molecular formula is C24H29N5O2S. The summed E-state index contributed by atoms with van der Waals surface area (Å²) in [6, 6.07) is 10.4. The van der Waals surface area contributed by atoms with E-state index in [-0.39, 0.29) is 5.91 Å². The minimum Gasteiger partial charge on any atom is -0.497 e. The molecule has 2 aromatic heterocycles. The van der Waals surface area contributed by atoms with Crippen LogP contribution in [0.4, 0.5) is 5.69 Å². The highest BCUT2D eigenvalue weighted by molar-refractivity contribution is 7.10. The maximum Gasteiger partial charge on any atom is 0.272 e. The molecule has 168 valence electrons. The van der Waals surface area contributed by atoms with E-state index in [0.29, 0.717) is 12.2 Å². The van der Waals surface area contributed by atoms with E-state index in [4.69, 9.17) is 4.74 Å². The molecule has 0 radical (unpaired) electrons. The minimum absolute atomic E-state index is 0.0580. The van der Waals surface area contributed by atoms with E-state index in [2.05, 4.69) is 43.8 Å². The lowest BCUT2D eigenvalue weighted by Gasteiger charge is -2.36. The van der Waals surface area contributed by atoms with Gasteiger partial charge in [0.15, 0.2) is 5.69 Å². The Morgan fingerprint density at radius 3 is 2.66 bits per heavy atom. The zero-order valence-electron chi connectivity index (χ0n) is 18.6. The quantitative estimate of drug-likeness (QED) is 0.625. The van der Waals surface area contributed by atoms with Gasteiger partial charge in [-0.15, -0.1) is 11.3 Å². The van der Waals surface area contributed by atoms with Gasteiger partial charge in [-0.05, 0) is 48.6 Å². The van der Waals surface area contributed by atoms with Crippen molar-refractivity contribution in [2.75, 3.05) is 51.3 Å². The lowest BCUT2D eigenvalue weighted by molar-refractivity contribution is 0.0941. The molecule has 1 N–H and O–H groups in total. The van der Waals surface area contributed by atoms with Crippen molar-refractivity contribution in [3.63, 3.8) is 0 Å². The molecule has 0 saturated carbocycles. The van der Waals surface area contributed by atoms with Gasteiger partial charge in [0, 0.05) is 68.0 Å². The van der Waals surface area contributed by atoms with Crippen LogP contribution in [0.1, 0.15) is 20.9 Å². The minimum atomic E-state index is -0.0580. The molecule has 1 saturated heterocycles. The van der Waals surface area contributed by atoms with E-state index in [1.807, 2.05) is 23.9 Å². The van der Waals surface area contributed by atoms with E-state index >= 15 is 0 Å². The number of methoxy groups -OCH3 is 1. The third kappa shape index (κ3) is 4.00. The summed E-state index contributed by atoms with van der Waals surface area (Å²) in [5.41, 5.74) is 5.24. The van der Waals surface area contributed by atoms with Crippen molar-refractivity contribution >= 4 is 22.9 Å². The van der Waals surface area contributed by atoms with Gasteiger partial charge in [0.2, 0.25) is 0 Å². The fourth-order valence-corrected chi connectivity index (χ4v) is 5.62. The van der Waals surface area contributed by atoms with E-state index in [9.17, 15) is 4.79 Å². The summed E-state index contributed by atoms with van der Waals surface area (Å²) in [6.45, 7) is 5.43. The molecule has 2 aliphatic rings. The molecule has 0 spiro atoms. The highest BCUT2D eigenvalue weighted by atomic mass is 32.1. The summed E-state index contributed by atoms with van der Waals surface area (Å²) in [4.78, 5) is 19.1. The first kappa shape index (κ1) is 21.0. The number of amides is 1. The van der Waals surface area contributed by atoms with Gasteiger partial charge in [-0.25, -0.2) is 0 Å². The predicted octanol–water partition coefficient (Wildman–Crippen LogP) is 2.81. The maximum absolute atomic E-state index is 12.9.